The lowest BCUT2D eigenvalue weighted by atomic mass is 10.2. The Morgan fingerprint density at radius 2 is 1.04 bits per heavy atom. The molecule has 45 heavy (non-hydrogen) atoms. The molecule has 0 rings (SSSR count). The van der Waals surface area contributed by atoms with Crippen LogP contribution in [0.15, 0.2) is 25.3 Å². The SMILES string of the molecule is C=CCCCCSC(C)C(=O)OCCOC(=O)CCN(CCCN(C)C)CCC(=O)OCCOC(=O)C(C)SCCCCC=C. The second-order valence-corrected chi connectivity index (χ2v) is 13.8. The number of hydrogen-bond donors (Lipinski definition) is 0. The molecule has 0 N–H and O–H groups in total. The van der Waals surface area contributed by atoms with Gasteiger partial charge in [0.15, 0.2) is 0 Å². The molecule has 0 aliphatic rings. The summed E-state index contributed by atoms with van der Waals surface area (Å²) in [6, 6.07) is 0. The van der Waals surface area contributed by atoms with Crippen molar-refractivity contribution in [3.63, 3.8) is 0 Å². The number of hydrogen-bond acceptors (Lipinski definition) is 12. The molecule has 0 spiro atoms. The minimum Gasteiger partial charge on any atom is -0.462 e. The van der Waals surface area contributed by atoms with Gasteiger partial charge < -0.3 is 28.7 Å². The highest BCUT2D eigenvalue weighted by atomic mass is 32.2. The third-order valence-corrected chi connectivity index (χ3v) is 8.96. The smallest absolute Gasteiger partial charge is 0.318 e. The molecule has 0 aromatic carbocycles. The molecule has 2 atom stereocenters. The van der Waals surface area contributed by atoms with Gasteiger partial charge >= 0.3 is 23.9 Å². The first-order chi connectivity index (χ1) is 21.6. The van der Waals surface area contributed by atoms with Crippen molar-refractivity contribution in [2.45, 2.75) is 82.1 Å². The molecule has 2 unspecified atom stereocenters. The fraction of sp³-hybridized carbons (Fsp3) is 0.758. The van der Waals surface area contributed by atoms with Crippen LogP contribution >= 0.6 is 23.5 Å². The predicted molar refractivity (Wildman–Crippen MR) is 185 cm³/mol. The fourth-order valence-corrected chi connectivity index (χ4v) is 5.71. The Kier molecular flexibility index (Phi) is 28.1. The van der Waals surface area contributed by atoms with E-state index < -0.39 is 0 Å². The summed E-state index contributed by atoms with van der Waals surface area (Å²) < 4.78 is 21.0. The summed E-state index contributed by atoms with van der Waals surface area (Å²) in [5.74, 6) is 0.372. The maximum absolute atomic E-state index is 12.3. The molecule has 0 aliphatic heterocycles. The Labute approximate surface area is 280 Å². The number of ether oxygens (including phenoxy) is 4. The van der Waals surface area contributed by atoms with E-state index in [2.05, 4.69) is 18.1 Å². The van der Waals surface area contributed by atoms with Gasteiger partial charge in [0.2, 0.25) is 0 Å². The number of carbonyl (C=O) groups excluding carboxylic acids is 4. The third-order valence-electron chi connectivity index (χ3n) is 6.53. The van der Waals surface area contributed by atoms with Crippen molar-refractivity contribution in [1.82, 2.24) is 9.80 Å². The van der Waals surface area contributed by atoms with Gasteiger partial charge in [0, 0.05) is 13.1 Å². The molecule has 0 saturated carbocycles. The van der Waals surface area contributed by atoms with Crippen molar-refractivity contribution >= 4 is 47.4 Å². The summed E-state index contributed by atoms with van der Waals surface area (Å²) >= 11 is 3.11. The lowest BCUT2D eigenvalue weighted by Crippen LogP contribution is -2.32. The Hall–Kier alpha value is -2.02. The molecule has 12 heteroatoms. The highest BCUT2D eigenvalue weighted by Gasteiger charge is 2.17. The highest BCUT2D eigenvalue weighted by molar-refractivity contribution is 8.00. The quantitative estimate of drug-likeness (QED) is 0.0435. The van der Waals surface area contributed by atoms with Gasteiger partial charge in [-0.15, -0.1) is 36.7 Å². The number of allylic oxidation sites excluding steroid dienone is 2. The number of unbranched alkanes of at least 4 members (excludes halogenated alkanes) is 4. The molecule has 0 amide bonds. The minimum absolute atomic E-state index is 0.00597. The largest absolute Gasteiger partial charge is 0.462 e. The first kappa shape index (κ1) is 43.0. The second kappa shape index (κ2) is 29.4. The van der Waals surface area contributed by atoms with Gasteiger partial charge in [-0.2, -0.15) is 0 Å². The van der Waals surface area contributed by atoms with Crippen LogP contribution in [0.3, 0.4) is 0 Å². The Morgan fingerprint density at radius 1 is 0.622 bits per heavy atom. The minimum atomic E-state index is -0.387. The van der Waals surface area contributed by atoms with Crippen molar-refractivity contribution in [3.8, 4) is 0 Å². The van der Waals surface area contributed by atoms with Crippen molar-refractivity contribution in [2.75, 3.05) is 78.2 Å². The predicted octanol–water partition coefficient (Wildman–Crippen LogP) is 5.15. The van der Waals surface area contributed by atoms with Crippen LogP contribution in [-0.4, -0.2) is 122 Å². The summed E-state index contributed by atoms with van der Waals surface area (Å²) in [5.41, 5.74) is 0. The zero-order chi connectivity index (χ0) is 33.7. The van der Waals surface area contributed by atoms with Gasteiger partial charge in [-0.25, -0.2) is 0 Å². The van der Waals surface area contributed by atoms with Crippen LogP contribution < -0.4 is 0 Å². The number of esters is 4. The van der Waals surface area contributed by atoms with Gasteiger partial charge in [0.05, 0.1) is 23.3 Å². The number of thioether (sulfide) groups is 2. The van der Waals surface area contributed by atoms with Crippen molar-refractivity contribution in [3.05, 3.63) is 25.3 Å². The molecular formula is C33H58N2O8S2. The van der Waals surface area contributed by atoms with Crippen molar-refractivity contribution in [2.24, 2.45) is 0 Å². The van der Waals surface area contributed by atoms with Crippen LogP contribution in [0.2, 0.25) is 0 Å². The first-order valence-corrected chi connectivity index (χ1v) is 18.2. The standard InChI is InChI=1S/C33H58N2O8S2/c1-7-9-11-13-26-44-28(3)32(38)42-24-22-40-30(36)16-20-35(19-15-18-34(5)6)21-17-31(37)41-23-25-43-33(39)29(4)45-27-14-12-10-8-2/h7-8,28-29H,1-2,9-27H2,3-6H3. The molecule has 0 heterocycles. The van der Waals surface area contributed by atoms with Gasteiger partial charge in [0.1, 0.15) is 26.4 Å². The molecule has 0 radical (unpaired) electrons. The molecular weight excluding hydrogens is 617 g/mol. The average molecular weight is 675 g/mol. The zero-order valence-corrected chi connectivity index (χ0v) is 29.8. The first-order valence-electron chi connectivity index (χ1n) is 16.1. The van der Waals surface area contributed by atoms with E-state index in [1.807, 2.05) is 45.0 Å². The van der Waals surface area contributed by atoms with Gasteiger partial charge in [-0.3, -0.25) is 19.2 Å². The fourth-order valence-electron chi connectivity index (χ4n) is 3.86. The summed E-state index contributed by atoms with van der Waals surface area (Å²) in [7, 11) is 3.98. The monoisotopic (exact) mass is 674 g/mol. The van der Waals surface area contributed by atoms with Gasteiger partial charge in [-0.1, -0.05) is 12.2 Å². The molecule has 0 bridgehead atoms. The normalized spacial score (nSPS) is 12.4. The lowest BCUT2D eigenvalue weighted by molar-refractivity contribution is -0.152. The molecule has 0 aliphatic carbocycles. The van der Waals surface area contributed by atoms with E-state index in [-0.39, 0.29) is 73.6 Å². The van der Waals surface area contributed by atoms with Crippen LogP contribution in [-0.2, 0) is 38.1 Å². The van der Waals surface area contributed by atoms with E-state index in [9.17, 15) is 19.2 Å². The van der Waals surface area contributed by atoms with Crippen LogP contribution in [0.4, 0.5) is 0 Å². The van der Waals surface area contributed by atoms with Crippen molar-refractivity contribution < 1.29 is 38.1 Å². The van der Waals surface area contributed by atoms with Crippen molar-refractivity contribution in [1.29, 1.82) is 0 Å². The molecule has 260 valence electrons. The number of rotatable bonds is 30. The summed E-state index contributed by atoms with van der Waals surface area (Å²) in [5, 5.41) is -0.533. The summed E-state index contributed by atoms with van der Waals surface area (Å²) in [6.45, 7) is 13.5. The third kappa shape index (κ3) is 26.9. The molecule has 0 aromatic rings. The topological polar surface area (TPSA) is 112 Å². The Balaban J connectivity index is 4.29. The number of nitrogens with zero attached hydrogens (tertiary/aromatic N) is 2. The molecule has 0 saturated heterocycles. The van der Waals surface area contributed by atoms with E-state index in [4.69, 9.17) is 18.9 Å². The van der Waals surface area contributed by atoms with Crippen LogP contribution in [0, 0.1) is 0 Å². The Bertz CT molecular complexity index is 784. The Morgan fingerprint density at radius 3 is 1.44 bits per heavy atom. The molecule has 0 fully saturated rings. The van der Waals surface area contributed by atoms with Gasteiger partial charge in [-0.05, 0) is 97.5 Å². The molecule has 0 aromatic heterocycles. The van der Waals surface area contributed by atoms with E-state index in [0.29, 0.717) is 19.6 Å². The van der Waals surface area contributed by atoms with Crippen LogP contribution in [0.25, 0.3) is 0 Å². The van der Waals surface area contributed by atoms with E-state index >= 15 is 0 Å². The van der Waals surface area contributed by atoms with Gasteiger partial charge in [0.25, 0.3) is 0 Å². The summed E-state index contributed by atoms with van der Waals surface area (Å²) in [4.78, 5) is 53.0. The average Bonchev–Trinajstić information content (AvgIpc) is 3.01. The zero-order valence-electron chi connectivity index (χ0n) is 28.1. The summed E-state index contributed by atoms with van der Waals surface area (Å²) in [6.07, 6.45) is 11.1. The van der Waals surface area contributed by atoms with Crippen LogP contribution in [0.5, 0.6) is 0 Å². The second-order valence-electron chi connectivity index (χ2n) is 10.9. The highest BCUT2D eigenvalue weighted by Crippen LogP contribution is 2.16. The van der Waals surface area contributed by atoms with E-state index in [0.717, 1.165) is 63.0 Å². The van der Waals surface area contributed by atoms with Crippen LogP contribution in [0.1, 0.15) is 71.6 Å². The lowest BCUT2D eigenvalue weighted by Gasteiger charge is -2.22. The van der Waals surface area contributed by atoms with E-state index in [1.165, 1.54) is 0 Å². The molecule has 10 nitrogen and oxygen atoms in total. The maximum atomic E-state index is 12.3. The van der Waals surface area contributed by atoms with E-state index in [1.54, 1.807) is 23.5 Å². The number of carbonyl (C=O) groups is 4. The maximum Gasteiger partial charge on any atom is 0.318 e.